The Morgan fingerprint density at radius 2 is 1.40 bits per heavy atom. The van der Waals surface area contributed by atoms with Gasteiger partial charge in [0.05, 0.1) is 12.5 Å². The van der Waals surface area contributed by atoms with Crippen molar-refractivity contribution in [2.45, 2.75) is 57.8 Å². The highest BCUT2D eigenvalue weighted by Crippen LogP contribution is 2.50. The minimum Gasteiger partial charge on any atom is -0.347 e. The van der Waals surface area contributed by atoms with E-state index >= 15 is 0 Å². The Bertz CT molecular complexity index is 1900. The van der Waals surface area contributed by atoms with Crippen LogP contribution in [0, 0.1) is 6.04 Å². The molecule has 0 saturated heterocycles. The Morgan fingerprint density at radius 1 is 0.744 bits per heavy atom. The van der Waals surface area contributed by atoms with Gasteiger partial charge in [-0.25, -0.2) is 0 Å². The van der Waals surface area contributed by atoms with Gasteiger partial charge >= 0.3 is 0 Å². The summed E-state index contributed by atoms with van der Waals surface area (Å²) < 4.78 is 0. The number of nitrogens with one attached hydrogen (secondary N) is 1. The summed E-state index contributed by atoms with van der Waals surface area (Å²) in [5.74, 6) is 0. The summed E-state index contributed by atoms with van der Waals surface area (Å²) in [7, 11) is 4.47. The molecule has 217 valence electrons. The van der Waals surface area contributed by atoms with Crippen LogP contribution in [0.5, 0.6) is 0 Å². The Morgan fingerprint density at radius 3 is 2.12 bits per heavy atom. The first-order valence-electron chi connectivity index (χ1n) is 15.6. The maximum absolute atomic E-state index is 7.17. The summed E-state index contributed by atoms with van der Waals surface area (Å²) in [6.07, 6.45) is 12.4. The molecule has 0 saturated carbocycles. The van der Waals surface area contributed by atoms with Crippen molar-refractivity contribution in [3.05, 3.63) is 136 Å². The van der Waals surface area contributed by atoms with Crippen molar-refractivity contribution in [2.24, 2.45) is 0 Å². The predicted molar refractivity (Wildman–Crippen MR) is 184 cm³/mol. The van der Waals surface area contributed by atoms with Gasteiger partial charge in [0.1, 0.15) is 5.69 Å². The molecule has 4 aromatic rings. The second-order valence-electron chi connectivity index (χ2n) is 13.5. The quantitative estimate of drug-likeness (QED) is 0.252. The Kier molecular flexibility index (Phi) is 6.72. The van der Waals surface area contributed by atoms with E-state index < -0.39 is 0 Å². The number of halogens is 1. The topological polar surface area (TPSA) is 7.68 Å². The molecule has 0 bridgehead atoms. The molecule has 1 atom stereocenters. The molecule has 2 nitrogen and oxygen atoms in total. The molecule has 3 heteroatoms. The van der Waals surface area contributed by atoms with E-state index in [9.17, 15) is 0 Å². The van der Waals surface area contributed by atoms with Crippen LogP contribution in [0.3, 0.4) is 0 Å². The van der Waals surface area contributed by atoms with E-state index in [0.717, 1.165) is 24.3 Å². The zero-order chi connectivity index (χ0) is 30.1. The third-order valence-corrected chi connectivity index (χ3v) is 10.8. The highest BCUT2D eigenvalue weighted by atomic mass is 35.5. The molecule has 0 spiro atoms. The molecule has 3 aliphatic rings. The van der Waals surface area contributed by atoms with Crippen molar-refractivity contribution < 1.29 is 4.90 Å². The van der Waals surface area contributed by atoms with Gasteiger partial charge in [0.25, 0.3) is 0 Å². The van der Waals surface area contributed by atoms with Crippen molar-refractivity contribution in [1.82, 2.24) is 0 Å². The largest absolute Gasteiger partial charge is 0.347 e. The van der Waals surface area contributed by atoms with Gasteiger partial charge in [0.15, 0.2) is 6.04 Å². The number of anilines is 1. The lowest BCUT2D eigenvalue weighted by Gasteiger charge is -2.25. The van der Waals surface area contributed by atoms with Crippen LogP contribution in [0.1, 0.15) is 58.1 Å². The lowest BCUT2D eigenvalue weighted by Crippen LogP contribution is -3.03. The van der Waals surface area contributed by atoms with Crippen LogP contribution in [-0.2, 0) is 10.8 Å². The number of hydrogen-bond donors (Lipinski definition) is 1. The van der Waals surface area contributed by atoms with E-state index in [1.807, 2.05) is 0 Å². The van der Waals surface area contributed by atoms with Gasteiger partial charge in [-0.15, -0.1) is 0 Å². The summed E-state index contributed by atoms with van der Waals surface area (Å²) >= 11 is 7.17. The van der Waals surface area contributed by atoms with Crippen LogP contribution in [0.2, 0.25) is 0 Å². The zero-order valence-corrected chi connectivity index (χ0v) is 26.9. The highest BCUT2D eigenvalue weighted by Gasteiger charge is 2.49. The molecule has 0 fully saturated rings. The SMILES string of the molecule is CN1/C(=C/C=C2\CCCC(/C=C/[C]3[NH+](C)c4ccc5ccccc5c4C3(C)C)=C2Cl)C(C)(C)c2c1ccc1ccccc21. The molecular weight excluding hydrogens is 544 g/mol. The van der Waals surface area contributed by atoms with Gasteiger partial charge in [-0.1, -0.05) is 92.2 Å². The number of nitrogens with zero attached hydrogens (tertiary/aromatic N) is 1. The fourth-order valence-electron chi connectivity index (χ4n) is 8.10. The molecule has 0 amide bonds. The van der Waals surface area contributed by atoms with Crippen LogP contribution in [0.15, 0.2) is 119 Å². The summed E-state index contributed by atoms with van der Waals surface area (Å²) in [4.78, 5) is 3.73. The minimum absolute atomic E-state index is 0.0701. The van der Waals surface area contributed by atoms with E-state index in [-0.39, 0.29) is 10.8 Å². The van der Waals surface area contributed by atoms with Crippen LogP contribution in [0.25, 0.3) is 21.5 Å². The van der Waals surface area contributed by atoms with Crippen molar-refractivity contribution in [3.63, 3.8) is 0 Å². The minimum atomic E-state index is -0.104. The third-order valence-electron chi connectivity index (χ3n) is 10.3. The van der Waals surface area contributed by atoms with E-state index in [1.54, 1.807) is 0 Å². The smallest absolute Gasteiger partial charge is 0.191 e. The van der Waals surface area contributed by atoms with Crippen molar-refractivity contribution in [2.75, 3.05) is 19.0 Å². The van der Waals surface area contributed by atoms with Crippen molar-refractivity contribution >= 4 is 44.5 Å². The summed E-state index contributed by atoms with van der Waals surface area (Å²) in [5, 5.41) is 6.21. The average Bonchev–Trinajstić information content (AvgIpc) is 3.33. The molecule has 4 aromatic carbocycles. The molecule has 43 heavy (non-hydrogen) atoms. The van der Waals surface area contributed by atoms with Crippen LogP contribution < -0.4 is 9.80 Å². The molecular formula is C40H41ClN2+. The first-order chi connectivity index (χ1) is 20.6. The number of likely N-dealkylation sites (N-methyl/N-ethyl adjacent to an activating group) is 2. The number of fused-ring (bicyclic) bond motifs is 6. The van der Waals surface area contributed by atoms with Crippen LogP contribution in [0.4, 0.5) is 11.4 Å². The van der Waals surface area contributed by atoms with Gasteiger partial charge in [0.2, 0.25) is 0 Å². The number of benzene rings is 4. The standard InChI is InChI=1S/C40H41ClN2/c1-39(2)34(42(5)32-22-18-26-12-7-9-16-30(26)36(32)39)24-20-28-14-11-15-29(38(28)41)21-25-35-40(3,4)37-31-17-10-8-13-27(31)19-23-33(37)43(35)6/h7-10,12-13,16-25,42H,11,14-15H2,1-6H3/q+1/b24-20+,29-21+,35-25+. The Hall–Kier alpha value is -3.59. The Balaban J connectivity index is 1.20. The van der Waals surface area contributed by atoms with Gasteiger partial charge in [-0.3, -0.25) is 4.90 Å². The second kappa shape index (κ2) is 10.3. The molecule has 1 unspecified atom stereocenters. The number of rotatable bonds is 3. The molecule has 1 radical (unpaired) electrons. The predicted octanol–water partition coefficient (Wildman–Crippen LogP) is 9.43. The molecule has 2 heterocycles. The fourth-order valence-corrected chi connectivity index (χ4v) is 8.42. The average molecular weight is 585 g/mol. The summed E-state index contributed by atoms with van der Waals surface area (Å²) in [6, 6.07) is 28.0. The van der Waals surface area contributed by atoms with E-state index in [4.69, 9.17) is 11.6 Å². The maximum atomic E-state index is 7.17. The van der Waals surface area contributed by atoms with Crippen molar-refractivity contribution in [1.29, 1.82) is 0 Å². The normalized spacial score (nSPS) is 23.3. The first-order valence-corrected chi connectivity index (χ1v) is 16.0. The monoisotopic (exact) mass is 584 g/mol. The van der Waals surface area contributed by atoms with Crippen LogP contribution in [-0.4, -0.2) is 14.1 Å². The summed E-state index contributed by atoms with van der Waals surface area (Å²) in [5.41, 5.74) is 9.11. The van der Waals surface area contributed by atoms with Crippen LogP contribution >= 0.6 is 11.6 Å². The van der Waals surface area contributed by atoms with Crippen molar-refractivity contribution in [3.8, 4) is 0 Å². The Labute approximate surface area is 261 Å². The molecule has 2 aliphatic heterocycles. The zero-order valence-electron chi connectivity index (χ0n) is 26.2. The van der Waals surface area contributed by atoms with E-state index in [0.29, 0.717) is 0 Å². The lowest BCUT2D eigenvalue weighted by molar-refractivity contribution is -0.788. The number of quaternary nitrogens is 1. The fraction of sp³-hybridized carbons (Fsp3) is 0.275. The number of allylic oxidation sites excluding steroid dienone is 7. The van der Waals surface area contributed by atoms with Gasteiger partial charge in [-0.05, 0) is 95.6 Å². The highest BCUT2D eigenvalue weighted by molar-refractivity contribution is 6.32. The molecule has 1 N–H and O–H groups in total. The van der Waals surface area contributed by atoms with Gasteiger partial charge in [-0.2, -0.15) is 0 Å². The number of hydrogen-bond acceptors (Lipinski definition) is 1. The van der Waals surface area contributed by atoms with Gasteiger partial charge < -0.3 is 4.90 Å². The third kappa shape index (κ3) is 4.33. The van der Waals surface area contributed by atoms with E-state index in [2.05, 4.69) is 144 Å². The van der Waals surface area contributed by atoms with Gasteiger partial charge in [0, 0.05) is 40.5 Å². The molecule has 0 aromatic heterocycles. The molecule has 1 aliphatic carbocycles. The van der Waals surface area contributed by atoms with E-state index in [1.165, 1.54) is 71.8 Å². The first kappa shape index (κ1) is 28.2. The lowest BCUT2D eigenvalue weighted by atomic mass is 9.78. The molecule has 7 rings (SSSR count). The second-order valence-corrected chi connectivity index (χ2v) is 13.9. The summed E-state index contributed by atoms with van der Waals surface area (Å²) in [6.45, 7) is 9.42. The maximum Gasteiger partial charge on any atom is 0.191 e.